The Bertz CT molecular complexity index is 719. The number of hydrogen-bond donors (Lipinski definition) is 2. The van der Waals surface area contributed by atoms with Crippen molar-refractivity contribution in [3.8, 4) is 0 Å². The number of ether oxygens (including phenoxy) is 1. The van der Waals surface area contributed by atoms with Gasteiger partial charge in [-0.1, -0.05) is 0 Å². The van der Waals surface area contributed by atoms with Crippen molar-refractivity contribution in [2.75, 3.05) is 19.6 Å². The number of hydrogen-bond acceptors (Lipinski definition) is 6. The molecule has 29 heavy (non-hydrogen) atoms. The Hall–Kier alpha value is -1.58. The molecule has 0 aliphatic carbocycles. The standard InChI is InChI=1S/C20H35BN4O4/c1-17(2,3)27-16(26)23-14-20(8-10-22-11-9-20)25-13-15(12-24-25)21-28-18(4,5)19(6,7)29-21/h12-13,22H,8-11,14H2,1-7H3,(H,23,26). The molecule has 0 radical (unpaired) electrons. The zero-order valence-electron chi connectivity index (χ0n) is 18.8. The quantitative estimate of drug-likeness (QED) is 0.742. The van der Waals surface area contributed by atoms with E-state index in [2.05, 4.69) is 15.7 Å². The molecule has 9 heteroatoms. The lowest BCUT2D eigenvalue weighted by Gasteiger charge is -2.38. The van der Waals surface area contributed by atoms with Gasteiger partial charge >= 0.3 is 13.2 Å². The number of aromatic nitrogens is 2. The lowest BCUT2D eigenvalue weighted by atomic mass is 9.81. The largest absolute Gasteiger partial charge is 0.498 e. The molecule has 0 saturated carbocycles. The van der Waals surface area contributed by atoms with Crippen molar-refractivity contribution in [3.05, 3.63) is 12.4 Å². The highest BCUT2D eigenvalue weighted by atomic mass is 16.7. The monoisotopic (exact) mass is 406 g/mol. The normalized spacial score (nSPS) is 23.1. The highest BCUT2D eigenvalue weighted by Gasteiger charge is 2.52. The van der Waals surface area contributed by atoms with Crippen molar-refractivity contribution in [2.24, 2.45) is 0 Å². The molecule has 3 rings (SSSR count). The van der Waals surface area contributed by atoms with Crippen molar-refractivity contribution < 1.29 is 18.8 Å². The van der Waals surface area contributed by atoms with Gasteiger partial charge < -0.3 is 24.7 Å². The molecule has 0 atom stereocenters. The van der Waals surface area contributed by atoms with Gasteiger partial charge in [0.05, 0.1) is 16.7 Å². The molecule has 2 N–H and O–H groups in total. The third kappa shape index (κ3) is 4.78. The van der Waals surface area contributed by atoms with Crippen molar-refractivity contribution in [3.63, 3.8) is 0 Å². The Kier molecular flexibility index (Phi) is 5.79. The van der Waals surface area contributed by atoms with E-state index >= 15 is 0 Å². The molecule has 1 amide bonds. The summed E-state index contributed by atoms with van der Waals surface area (Å²) in [4.78, 5) is 12.2. The minimum atomic E-state index is -0.527. The first kappa shape index (κ1) is 22.1. The first-order valence-electron chi connectivity index (χ1n) is 10.4. The molecular weight excluding hydrogens is 371 g/mol. The molecule has 1 aromatic heterocycles. The predicted octanol–water partition coefficient (Wildman–Crippen LogP) is 1.79. The average Bonchev–Trinajstić information content (AvgIpc) is 3.16. The summed E-state index contributed by atoms with van der Waals surface area (Å²) in [7, 11) is -0.452. The van der Waals surface area contributed by atoms with Gasteiger partial charge in [0, 0.05) is 24.4 Å². The molecule has 0 bridgehead atoms. The number of rotatable bonds is 4. The van der Waals surface area contributed by atoms with Gasteiger partial charge in [-0.05, 0) is 74.4 Å². The molecule has 1 aromatic rings. The van der Waals surface area contributed by atoms with E-state index in [1.54, 1.807) is 6.20 Å². The fourth-order valence-corrected chi connectivity index (χ4v) is 3.63. The number of nitrogens with zero attached hydrogens (tertiary/aromatic N) is 2. The lowest BCUT2D eigenvalue weighted by Crippen LogP contribution is -2.52. The SMILES string of the molecule is CC(C)(C)OC(=O)NCC1(n2cc(B3OC(C)(C)C(C)(C)O3)cn2)CCNCC1. The van der Waals surface area contributed by atoms with Crippen molar-refractivity contribution >= 4 is 18.7 Å². The minimum Gasteiger partial charge on any atom is -0.444 e. The molecule has 0 unspecified atom stereocenters. The summed E-state index contributed by atoms with van der Waals surface area (Å²) in [6, 6.07) is 0. The van der Waals surface area contributed by atoms with Crippen LogP contribution in [0.25, 0.3) is 0 Å². The van der Waals surface area contributed by atoms with Crippen LogP contribution in [0.5, 0.6) is 0 Å². The Morgan fingerprint density at radius 1 is 1.24 bits per heavy atom. The van der Waals surface area contributed by atoms with Crippen molar-refractivity contribution in [2.45, 2.75) is 83.6 Å². The Morgan fingerprint density at radius 3 is 2.38 bits per heavy atom. The second-order valence-electron chi connectivity index (χ2n) is 10.1. The van der Waals surface area contributed by atoms with Crippen LogP contribution in [-0.4, -0.2) is 59.4 Å². The van der Waals surface area contributed by atoms with Crippen LogP contribution < -0.4 is 16.1 Å². The zero-order chi connectivity index (χ0) is 21.5. The molecule has 0 spiro atoms. The van der Waals surface area contributed by atoms with Crippen LogP contribution in [0.2, 0.25) is 0 Å². The van der Waals surface area contributed by atoms with Crippen LogP contribution in [0.15, 0.2) is 12.4 Å². The summed E-state index contributed by atoms with van der Waals surface area (Å²) in [5, 5.41) is 11.0. The maximum Gasteiger partial charge on any atom is 0.498 e. The van der Waals surface area contributed by atoms with E-state index in [1.165, 1.54) is 0 Å². The fourth-order valence-electron chi connectivity index (χ4n) is 3.63. The summed E-state index contributed by atoms with van der Waals surface area (Å²) in [5.74, 6) is 0. The number of alkyl carbamates (subject to hydrolysis) is 1. The maximum atomic E-state index is 12.2. The molecule has 2 fully saturated rings. The number of carbonyl (C=O) groups excluding carboxylic acids is 1. The second kappa shape index (κ2) is 7.59. The van der Waals surface area contributed by atoms with Crippen molar-refractivity contribution in [1.82, 2.24) is 20.4 Å². The highest BCUT2D eigenvalue weighted by molar-refractivity contribution is 6.62. The summed E-state index contributed by atoms with van der Waals surface area (Å²) in [6.45, 7) is 15.9. The van der Waals surface area contributed by atoms with Gasteiger partial charge in [0.1, 0.15) is 5.60 Å². The first-order valence-corrected chi connectivity index (χ1v) is 10.4. The van der Waals surface area contributed by atoms with Gasteiger partial charge in [0.15, 0.2) is 0 Å². The highest BCUT2D eigenvalue weighted by Crippen LogP contribution is 2.36. The van der Waals surface area contributed by atoms with Gasteiger partial charge in [0.2, 0.25) is 0 Å². The fraction of sp³-hybridized carbons (Fsp3) is 0.800. The minimum absolute atomic E-state index is 0.315. The van der Waals surface area contributed by atoms with Gasteiger partial charge in [-0.2, -0.15) is 5.10 Å². The lowest BCUT2D eigenvalue weighted by molar-refractivity contribution is 0.00578. The third-order valence-electron chi connectivity index (χ3n) is 6.11. The van der Waals surface area contributed by atoms with Gasteiger partial charge in [-0.3, -0.25) is 4.68 Å². The maximum absolute atomic E-state index is 12.2. The van der Waals surface area contributed by atoms with E-state index in [0.717, 1.165) is 31.4 Å². The van der Waals surface area contributed by atoms with Crippen molar-refractivity contribution in [1.29, 1.82) is 0 Å². The van der Waals surface area contributed by atoms with Crippen LogP contribution in [0.1, 0.15) is 61.3 Å². The van der Waals surface area contributed by atoms with Crippen LogP contribution in [-0.2, 0) is 19.6 Å². The molecule has 3 heterocycles. The van der Waals surface area contributed by atoms with E-state index in [1.807, 2.05) is 59.3 Å². The molecule has 2 aliphatic rings. The van der Waals surface area contributed by atoms with Gasteiger partial charge in [0.25, 0.3) is 0 Å². The molecule has 2 aliphatic heterocycles. The predicted molar refractivity (Wildman–Crippen MR) is 112 cm³/mol. The van der Waals surface area contributed by atoms with E-state index in [0.29, 0.717) is 6.54 Å². The molecule has 162 valence electrons. The van der Waals surface area contributed by atoms with Crippen LogP contribution in [0.4, 0.5) is 4.79 Å². The zero-order valence-corrected chi connectivity index (χ0v) is 18.8. The summed E-state index contributed by atoms with van der Waals surface area (Å²) >= 11 is 0. The van der Waals surface area contributed by atoms with Crippen LogP contribution >= 0.6 is 0 Å². The number of amides is 1. The first-order chi connectivity index (χ1) is 13.3. The Balaban J connectivity index is 1.76. The Morgan fingerprint density at radius 2 is 1.83 bits per heavy atom. The summed E-state index contributed by atoms with van der Waals surface area (Å²) in [5.41, 5.74) is -0.751. The third-order valence-corrected chi connectivity index (χ3v) is 6.11. The van der Waals surface area contributed by atoms with Crippen LogP contribution in [0, 0.1) is 0 Å². The number of nitrogens with one attached hydrogen (secondary N) is 2. The molecule has 8 nitrogen and oxygen atoms in total. The number of carbonyl (C=O) groups is 1. The Labute approximate surface area is 174 Å². The van der Waals surface area contributed by atoms with E-state index in [4.69, 9.17) is 14.0 Å². The smallest absolute Gasteiger partial charge is 0.444 e. The van der Waals surface area contributed by atoms with E-state index in [-0.39, 0.29) is 5.54 Å². The summed E-state index contributed by atoms with van der Waals surface area (Å²) < 4.78 is 19.7. The van der Waals surface area contributed by atoms with Crippen LogP contribution in [0.3, 0.4) is 0 Å². The molecule has 2 saturated heterocycles. The summed E-state index contributed by atoms with van der Waals surface area (Å²) in [6.07, 6.45) is 5.10. The molecule has 0 aromatic carbocycles. The van der Waals surface area contributed by atoms with Gasteiger partial charge in [-0.25, -0.2) is 4.79 Å². The average molecular weight is 406 g/mol. The number of piperidine rings is 1. The topological polar surface area (TPSA) is 86.6 Å². The van der Waals surface area contributed by atoms with E-state index < -0.39 is 30.0 Å². The second-order valence-corrected chi connectivity index (χ2v) is 10.1. The van der Waals surface area contributed by atoms with Gasteiger partial charge in [-0.15, -0.1) is 0 Å². The van der Waals surface area contributed by atoms with E-state index in [9.17, 15) is 4.79 Å². The molecular formula is C20H35BN4O4.